The predicted octanol–water partition coefficient (Wildman–Crippen LogP) is 3.68. The summed E-state index contributed by atoms with van der Waals surface area (Å²) in [6.07, 6.45) is 2.96. The molecule has 5 nitrogen and oxygen atoms in total. The normalized spacial score (nSPS) is 15.5. The Kier molecular flexibility index (Phi) is 4.37. The molecule has 0 N–H and O–H groups in total. The third-order valence-corrected chi connectivity index (χ3v) is 4.95. The second-order valence-corrected chi connectivity index (χ2v) is 6.76. The molecular weight excluding hydrogens is 330 g/mol. The Morgan fingerprint density at radius 1 is 1.15 bits per heavy atom. The highest BCUT2D eigenvalue weighted by Gasteiger charge is 2.26. The Morgan fingerprint density at radius 3 is 2.73 bits per heavy atom. The van der Waals surface area contributed by atoms with Gasteiger partial charge in [0.2, 0.25) is 0 Å². The lowest BCUT2D eigenvalue weighted by molar-refractivity contribution is -0.158. The van der Waals surface area contributed by atoms with Gasteiger partial charge < -0.3 is 14.1 Å². The number of furan rings is 1. The topological polar surface area (TPSA) is 59.8 Å². The number of benzene rings is 2. The van der Waals surface area contributed by atoms with Crippen LogP contribution in [0.15, 0.2) is 47.1 Å². The lowest BCUT2D eigenvalue weighted by atomic mass is 10.0. The molecule has 0 aliphatic carbocycles. The summed E-state index contributed by atoms with van der Waals surface area (Å²) in [4.78, 5) is 26.4. The van der Waals surface area contributed by atoms with Gasteiger partial charge in [-0.25, -0.2) is 0 Å². The zero-order valence-corrected chi connectivity index (χ0v) is 14.7. The number of ether oxygens (including phenoxy) is 1. The summed E-state index contributed by atoms with van der Waals surface area (Å²) in [6, 6.07) is 11.9. The number of hydrogen-bond donors (Lipinski definition) is 0. The van der Waals surface area contributed by atoms with Crippen molar-refractivity contribution in [2.75, 3.05) is 13.1 Å². The fraction of sp³-hybridized carbons (Fsp3) is 0.333. The van der Waals surface area contributed by atoms with Crippen molar-refractivity contribution in [3.63, 3.8) is 0 Å². The van der Waals surface area contributed by atoms with Crippen LogP contribution in [0.2, 0.25) is 0 Å². The smallest absolute Gasteiger partial charge is 0.311 e. The first-order chi connectivity index (χ1) is 12.6. The van der Waals surface area contributed by atoms with E-state index in [-0.39, 0.29) is 12.3 Å². The summed E-state index contributed by atoms with van der Waals surface area (Å²) in [5.41, 5.74) is 1.52. The van der Waals surface area contributed by atoms with Crippen LogP contribution < -0.4 is 0 Å². The molecule has 0 bridgehead atoms. The van der Waals surface area contributed by atoms with Crippen LogP contribution in [-0.2, 0) is 20.7 Å². The van der Waals surface area contributed by atoms with Crippen molar-refractivity contribution in [1.29, 1.82) is 0 Å². The molecule has 1 aromatic heterocycles. The van der Waals surface area contributed by atoms with Crippen molar-refractivity contribution in [2.45, 2.75) is 32.3 Å². The molecule has 26 heavy (non-hydrogen) atoms. The monoisotopic (exact) mass is 351 g/mol. The van der Waals surface area contributed by atoms with Gasteiger partial charge >= 0.3 is 5.97 Å². The van der Waals surface area contributed by atoms with E-state index in [0.717, 1.165) is 53.2 Å². The van der Waals surface area contributed by atoms with E-state index < -0.39 is 12.1 Å². The maximum atomic E-state index is 12.4. The molecule has 1 fully saturated rings. The molecule has 0 radical (unpaired) electrons. The van der Waals surface area contributed by atoms with Gasteiger partial charge in [-0.2, -0.15) is 0 Å². The molecule has 1 aliphatic rings. The first kappa shape index (κ1) is 16.6. The molecule has 134 valence electrons. The number of hydrogen-bond acceptors (Lipinski definition) is 4. The number of amides is 1. The van der Waals surface area contributed by atoms with Crippen molar-refractivity contribution in [2.24, 2.45) is 0 Å². The second-order valence-electron chi connectivity index (χ2n) is 6.76. The van der Waals surface area contributed by atoms with E-state index in [9.17, 15) is 9.59 Å². The number of esters is 1. The molecular formula is C21H21NO4. The van der Waals surface area contributed by atoms with Crippen LogP contribution in [-0.4, -0.2) is 36.0 Å². The Balaban J connectivity index is 1.52. The molecule has 1 saturated heterocycles. The number of fused-ring (bicyclic) bond motifs is 3. The van der Waals surface area contributed by atoms with E-state index >= 15 is 0 Å². The van der Waals surface area contributed by atoms with E-state index in [1.807, 2.05) is 36.4 Å². The molecule has 1 atom stereocenters. The molecule has 1 amide bonds. The number of nitrogens with zero attached hydrogens (tertiary/aromatic N) is 1. The average molecular weight is 351 g/mol. The number of rotatable bonds is 4. The van der Waals surface area contributed by atoms with E-state index in [2.05, 4.69) is 0 Å². The maximum Gasteiger partial charge on any atom is 0.311 e. The van der Waals surface area contributed by atoms with Crippen LogP contribution in [0.4, 0.5) is 0 Å². The van der Waals surface area contributed by atoms with Gasteiger partial charge in [0.25, 0.3) is 5.91 Å². The van der Waals surface area contributed by atoms with Crippen LogP contribution in [0.3, 0.4) is 0 Å². The van der Waals surface area contributed by atoms with Gasteiger partial charge in [0.1, 0.15) is 5.58 Å². The van der Waals surface area contributed by atoms with Crippen molar-refractivity contribution in [1.82, 2.24) is 4.90 Å². The molecule has 0 spiro atoms. The molecule has 5 heteroatoms. The highest BCUT2D eigenvalue weighted by atomic mass is 16.5. The fourth-order valence-electron chi connectivity index (χ4n) is 3.64. The standard InChI is InChI=1S/C21H21NO4/c1-14(21(24)22-10-4-5-11-22)26-19(23)12-16-13-25-18-9-8-15-6-2-3-7-17(15)20(16)18/h2-3,6-9,13-14H,4-5,10-12H2,1H3/t14-/m1/s1. The predicted molar refractivity (Wildman–Crippen MR) is 98.8 cm³/mol. The van der Waals surface area contributed by atoms with Gasteiger partial charge in [-0.15, -0.1) is 0 Å². The quantitative estimate of drug-likeness (QED) is 0.673. The number of likely N-dealkylation sites (tertiary alicyclic amines) is 1. The number of carbonyl (C=O) groups is 2. The highest BCUT2D eigenvalue weighted by molar-refractivity contribution is 6.08. The SMILES string of the molecule is C[C@@H](OC(=O)Cc1coc2ccc3ccccc3c12)C(=O)N1CCCC1. The van der Waals surface area contributed by atoms with Gasteiger partial charge in [-0.3, -0.25) is 9.59 Å². The third kappa shape index (κ3) is 3.05. The highest BCUT2D eigenvalue weighted by Crippen LogP contribution is 2.30. The Labute approximate surface area is 151 Å². The third-order valence-electron chi connectivity index (χ3n) is 4.95. The van der Waals surface area contributed by atoms with Gasteiger partial charge in [0.05, 0.1) is 12.7 Å². The summed E-state index contributed by atoms with van der Waals surface area (Å²) in [5, 5.41) is 3.06. The van der Waals surface area contributed by atoms with E-state index in [1.165, 1.54) is 0 Å². The van der Waals surface area contributed by atoms with Crippen molar-refractivity contribution in [3.05, 3.63) is 48.2 Å². The molecule has 2 heterocycles. The largest absolute Gasteiger partial charge is 0.464 e. The summed E-state index contributed by atoms with van der Waals surface area (Å²) >= 11 is 0. The van der Waals surface area contributed by atoms with E-state index in [1.54, 1.807) is 18.1 Å². The first-order valence-corrected chi connectivity index (χ1v) is 8.99. The molecule has 4 rings (SSSR count). The van der Waals surface area contributed by atoms with Crippen LogP contribution in [0, 0.1) is 0 Å². The summed E-state index contributed by atoms with van der Waals surface area (Å²) in [7, 11) is 0. The fourth-order valence-corrected chi connectivity index (χ4v) is 3.64. The van der Waals surface area contributed by atoms with Gasteiger partial charge in [-0.05, 0) is 36.6 Å². The minimum absolute atomic E-state index is 0.0820. The van der Waals surface area contributed by atoms with Gasteiger partial charge in [-0.1, -0.05) is 30.3 Å². The summed E-state index contributed by atoms with van der Waals surface area (Å²) < 4.78 is 11.0. The second kappa shape index (κ2) is 6.83. The van der Waals surface area contributed by atoms with Gasteiger partial charge in [0.15, 0.2) is 6.10 Å². The molecule has 0 unspecified atom stereocenters. The lowest BCUT2D eigenvalue weighted by Crippen LogP contribution is -2.38. The zero-order valence-electron chi connectivity index (χ0n) is 14.7. The Morgan fingerprint density at radius 2 is 1.92 bits per heavy atom. The van der Waals surface area contributed by atoms with Crippen LogP contribution in [0.1, 0.15) is 25.3 Å². The van der Waals surface area contributed by atoms with E-state index in [0.29, 0.717) is 0 Å². The van der Waals surface area contributed by atoms with Crippen LogP contribution >= 0.6 is 0 Å². The van der Waals surface area contributed by atoms with Crippen molar-refractivity contribution >= 4 is 33.6 Å². The Bertz CT molecular complexity index is 968. The molecule has 3 aromatic rings. The Hall–Kier alpha value is -2.82. The van der Waals surface area contributed by atoms with Gasteiger partial charge in [0, 0.05) is 24.0 Å². The minimum atomic E-state index is -0.754. The van der Waals surface area contributed by atoms with Crippen LogP contribution in [0.5, 0.6) is 0 Å². The first-order valence-electron chi connectivity index (χ1n) is 8.99. The molecule has 1 aliphatic heterocycles. The molecule has 0 saturated carbocycles. The average Bonchev–Trinajstić information content (AvgIpc) is 3.31. The zero-order chi connectivity index (χ0) is 18.1. The lowest BCUT2D eigenvalue weighted by Gasteiger charge is -2.20. The number of carbonyl (C=O) groups excluding carboxylic acids is 2. The minimum Gasteiger partial charge on any atom is -0.464 e. The van der Waals surface area contributed by atoms with Crippen LogP contribution in [0.25, 0.3) is 21.7 Å². The maximum absolute atomic E-state index is 12.4. The summed E-state index contributed by atoms with van der Waals surface area (Å²) in [6.45, 7) is 3.14. The molecule has 2 aromatic carbocycles. The van der Waals surface area contributed by atoms with Crippen molar-refractivity contribution in [3.8, 4) is 0 Å². The van der Waals surface area contributed by atoms with E-state index in [4.69, 9.17) is 9.15 Å². The summed E-state index contributed by atoms with van der Waals surface area (Å²) in [5.74, 6) is -0.529. The van der Waals surface area contributed by atoms with Crippen molar-refractivity contribution < 1.29 is 18.7 Å².